The summed E-state index contributed by atoms with van der Waals surface area (Å²) in [7, 11) is 0. The molecule has 22 heavy (non-hydrogen) atoms. The van der Waals surface area contributed by atoms with Gasteiger partial charge in [0, 0.05) is 18.1 Å². The van der Waals surface area contributed by atoms with Crippen molar-refractivity contribution in [2.24, 2.45) is 5.41 Å². The van der Waals surface area contributed by atoms with Gasteiger partial charge in [0.25, 0.3) is 5.91 Å². The van der Waals surface area contributed by atoms with Crippen LogP contribution in [0.3, 0.4) is 0 Å². The third-order valence-corrected chi connectivity index (χ3v) is 4.88. The van der Waals surface area contributed by atoms with Gasteiger partial charge in [-0.3, -0.25) is 4.79 Å². The van der Waals surface area contributed by atoms with Gasteiger partial charge in [0.15, 0.2) is 6.61 Å². The Kier molecular flexibility index (Phi) is 5.95. The summed E-state index contributed by atoms with van der Waals surface area (Å²) < 4.78 is 5.55. The van der Waals surface area contributed by atoms with E-state index in [-0.39, 0.29) is 24.9 Å². The van der Waals surface area contributed by atoms with Crippen LogP contribution >= 0.6 is 24.0 Å². The quantitative estimate of drug-likeness (QED) is 0.916. The number of carbonyl (C=O) groups excluding carboxylic acids is 1. The molecule has 0 aliphatic carbocycles. The van der Waals surface area contributed by atoms with Gasteiger partial charge in [-0.1, -0.05) is 11.6 Å². The van der Waals surface area contributed by atoms with E-state index in [0.29, 0.717) is 16.2 Å². The Bertz CT molecular complexity index is 501. The number of nitrogens with zero attached hydrogens (tertiary/aromatic N) is 1. The molecule has 2 saturated heterocycles. The first-order valence-electron chi connectivity index (χ1n) is 7.54. The number of piperidine rings is 1. The number of benzene rings is 1. The number of ether oxygens (including phenoxy) is 1. The van der Waals surface area contributed by atoms with Crippen molar-refractivity contribution in [3.05, 3.63) is 29.3 Å². The summed E-state index contributed by atoms with van der Waals surface area (Å²) in [5.41, 5.74) is 0.348. The van der Waals surface area contributed by atoms with Gasteiger partial charge in [0.05, 0.1) is 0 Å². The molecule has 2 heterocycles. The highest BCUT2D eigenvalue weighted by molar-refractivity contribution is 6.30. The van der Waals surface area contributed by atoms with Gasteiger partial charge in [0.2, 0.25) is 0 Å². The van der Waals surface area contributed by atoms with Crippen LogP contribution in [0, 0.1) is 5.41 Å². The lowest BCUT2D eigenvalue weighted by Gasteiger charge is -2.33. The van der Waals surface area contributed by atoms with Gasteiger partial charge in [-0.2, -0.15) is 0 Å². The summed E-state index contributed by atoms with van der Waals surface area (Å²) in [6, 6.07) is 7.10. The second kappa shape index (κ2) is 7.53. The van der Waals surface area contributed by atoms with E-state index in [1.807, 2.05) is 4.90 Å². The Hall–Kier alpha value is -0.970. The Balaban J connectivity index is 0.00000176. The molecule has 0 radical (unpaired) electrons. The minimum absolute atomic E-state index is 0. The fraction of sp³-hybridized carbons (Fsp3) is 0.562. The van der Waals surface area contributed by atoms with Crippen molar-refractivity contribution in [3.8, 4) is 5.75 Å². The van der Waals surface area contributed by atoms with Crippen LogP contribution in [0.5, 0.6) is 5.75 Å². The molecule has 1 N–H and O–H groups in total. The summed E-state index contributed by atoms with van der Waals surface area (Å²) in [6.07, 6.45) is 3.48. The first-order valence-corrected chi connectivity index (χ1v) is 7.92. The molecular weight excluding hydrogens is 323 g/mol. The van der Waals surface area contributed by atoms with Crippen molar-refractivity contribution >= 4 is 29.9 Å². The van der Waals surface area contributed by atoms with Crippen LogP contribution in [0.2, 0.25) is 5.02 Å². The summed E-state index contributed by atoms with van der Waals surface area (Å²) >= 11 is 5.82. The van der Waals surface area contributed by atoms with Gasteiger partial charge < -0.3 is 15.0 Å². The molecule has 1 spiro atoms. The first-order chi connectivity index (χ1) is 10.2. The topological polar surface area (TPSA) is 41.6 Å². The second-order valence-corrected chi connectivity index (χ2v) is 6.49. The molecule has 1 aromatic carbocycles. The van der Waals surface area contributed by atoms with Crippen molar-refractivity contribution in [2.45, 2.75) is 19.3 Å². The number of hydrogen-bond acceptors (Lipinski definition) is 3. The number of amides is 1. The highest BCUT2D eigenvalue weighted by atomic mass is 35.5. The molecule has 122 valence electrons. The molecule has 2 aliphatic heterocycles. The zero-order valence-corrected chi connectivity index (χ0v) is 14.1. The van der Waals surface area contributed by atoms with Crippen LogP contribution in [0.4, 0.5) is 0 Å². The van der Waals surface area contributed by atoms with E-state index in [9.17, 15) is 4.79 Å². The van der Waals surface area contributed by atoms with E-state index in [1.165, 1.54) is 12.8 Å². The first kappa shape index (κ1) is 17.4. The fourth-order valence-electron chi connectivity index (χ4n) is 3.28. The summed E-state index contributed by atoms with van der Waals surface area (Å²) in [4.78, 5) is 14.2. The Labute approximate surface area is 142 Å². The maximum Gasteiger partial charge on any atom is 0.260 e. The van der Waals surface area contributed by atoms with Crippen LogP contribution < -0.4 is 10.1 Å². The average Bonchev–Trinajstić information content (AvgIpc) is 2.91. The monoisotopic (exact) mass is 344 g/mol. The second-order valence-electron chi connectivity index (χ2n) is 6.06. The lowest BCUT2D eigenvalue weighted by atomic mass is 9.78. The van der Waals surface area contributed by atoms with Gasteiger partial charge >= 0.3 is 0 Å². The fourth-order valence-corrected chi connectivity index (χ4v) is 3.41. The Morgan fingerprint density at radius 3 is 2.59 bits per heavy atom. The molecule has 2 fully saturated rings. The lowest BCUT2D eigenvalue weighted by Crippen LogP contribution is -2.40. The van der Waals surface area contributed by atoms with Crippen LogP contribution in [0.1, 0.15) is 19.3 Å². The predicted octanol–water partition coefficient (Wildman–Crippen LogP) is 2.74. The predicted molar refractivity (Wildman–Crippen MR) is 89.9 cm³/mol. The van der Waals surface area contributed by atoms with Crippen molar-refractivity contribution in [2.75, 3.05) is 32.8 Å². The van der Waals surface area contributed by atoms with Gasteiger partial charge in [-0.05, 0) is 62.0 Å². The number of likely N-dealkylation sites (tertiary alicyclic amines) is 1. The van der Waals surface area contributed by atoms with E-state index in [0.717, 1.165) is 32.6 Å². The molecule has 0 unspecified atom stereocenters. The van der Waals surface area contributed by atoms with Crippen LogP contribution in [0.15, 0.2) is 24.3 Å². The number of rotatable bonds is 3. The largest absolute Gasteiger partial charge is 0.484 e. The smallest absolute Gasteiger partial charge is 0.260 e. The molecule has 1 aromatic rings. The molecule has 1 amide bonds. The lowest BCUT2D eigenvalue weighted by molar-refractivity contribution is -0.132. The molecule has 3 rings (SSSR count). The maximum atomic E-state index is 12.3. The maximum absolute atomic E-state index is 12.3. The standard InChI is InChI=1S/C16H21ClN2O2.ClH/c17-13-1-3-14(4-2-13)21-11-15(20)19-10-7-16(12-19)5-8-18-9-6-16;/h1-4,18H,5-12H2;1H. The van der Waals surface area contributed by atoms with Gasteiger partial charge in [0.1, 0.15) is 5.75 Å². The van der Waals surface area contributed by atoms with Crippen LogP contribution in [-0.2, 0) is 4.79 Å². The average molecular weight is 345 g/mol. The summed E-state index contributed by atoms with van der Waals surface area (Å²) in [5, 5.41) is 4.06. The highest BCUT2D eigenvalue weighted by Gasteiger charge is 2.40. The zero-order valence-electron chi connectivity index (χ0n) is 12.5. The summed E-state index contributed by atoms with van der Waals surface area (Å²) in [6.45, 7) is 4.00. The van der Waals surface area contributed by atoms with Gasteiger partial charge in [-0.25, -0.2) is 0 Å². The number of nitrogens with one attached hydrogen (secondary N) is 1. The Morgan fingerprint density at radius 2 is 1.91 bits per heavy atom. The number of halogens is 2. The van der Waals surface area contributed by atoms with Crippen LogP contribution in [-0.4, -0.2) is 43.6 Å². The van der Waals surface area contributed by atoms with Crippen molar-refractivity contribution in [1.82, 2.24) is 10.2 Å². The van der Waals surface area contributed by atoms with E-state index < -0.39 is 0 Å². The van der Waals surface area contributed by atoms with Crippen molar-refractivity contribution in [1.29, 1.82) is 0 Å². The molecule has 2 aliphatic rings. The molecule has 0 bridgehead atoms. The van der Waals surface area contributed by atoms with E-state index in [4.69, 9.17) is 16.3 Å². The van der Waals surface area contributed by atoms with Crippen molar-refractivity contribution in [3.63, 3.8) is 0 Å². The molecule has 4 nitrogen and oxygen atoms in total. The third-order valence-electron chi connectivity index (χ3n) is 4.63. The van der Waals surface area contributed by atoms with E-state index in [1.54, 1.807) is 24.3 Å². The molecule has 0 atom stereocenters. The SMILES string of the molecule is Cl.O=C(COc1ccc(Cl)cc1)N1CCC2(CCNCC2)C1. The van der Waals surface area contributed by atoms with Gasteiger partial charge in [-0.15, -0.1) is 12.4 Å². The van der Waals surface area contributed by atoms with Crippen LogP contribution in [0.25, 0.3) is 0 Å². The number of carbonyl (C=O) groups is 1. The Morgan fingerprint density at radius 1 is 1.23 bits per heavy atom. The number of hydrogen-bond donors (Lipinski definition) is 1. The normalized spacial score (nSPS) is 19.8. The van der Waals surface area contributed by atoms with E-state index in [2.05, 4.69) is 5.32 Å². The summed E-state index contributed by atoms with van der Waals surface area (Å²) in [5.74, 6) is 0.767. The third kappa shape index (κ3) is 4.06. The zero-order chi connectivity index (χ0) is 14.7. The van der Waals surface area contributed by atoms with E-state index >= 15 is 0 Å². The molecule has 0 saturated carbocycles. The van der Waals surface area contributed by atoms with Crippen molar-refractivity contribution < 1.29 is 9.53 Å². The minimum atomic E-state index is 0. The molecule has 0 aromatic heterocycles. The highest BCUT2D eigenvalue weighted by Crippen LogP contribution is 2.38. The minimum Gasteiger partial charge on any atom is -0.484 e. The molecular formula is C16H22Cl2N2O2. The molecule has 6 heteroatoms.